The van der Waals surface area contributed by atoms with Gasteiger partial charge in [0, 0.05) is 36.5 Å². The Hall–Kier alpha value is -2.43. The molecule has 1 aliphatic rings. The highest BCUT2D eigenvalue weighted by atomic mass is 32.2. The Balaban J connectivity index is 1.65. The maximum Gasteiger partial charge on any atom is 0.303 e. The van der Waals surface area contributed by atoms with Gasteiger partial charge in [-0.15, -0.1) is 0 Å². The zero-order valence-electron chi connectivity index (χ0n) is 18.9. The van der Waals surface area contributed by atoms with Gasteiger partial charge in [0.25, 0.3) is 0 Å². The lowest BCUT2D eigenvalue weighted by Gasteiger charge is -2.36. The van der Waals surface area contributed by atoms with E-state index >= 15 is 0 Å². The van der Waals surface area contributed by atoms with Crippen molar-refractivity contribution < 1.29 is 34.4 Å². The van der Waals surface area contributed by atoms with Crippen LogP contribution in [-0.2, 0) is 32.2 Å². The number of aliphatic hydroxyl groups excluding tert-OH is 2. The molecule has 0 aromatic heterocycles. The molecule has 2 aromatic rings. The number of rotatable bonds is 12. The quantitative estimate of drug-likeness (QED) is 0.336. The molecule has 34 heavy (non-hydrogen) atoms. The topological polar surface area (TPSA) is 125 Å². The molecule has 2 aromatic carbocycles. The molecule has 0 spiro atoms. The van der Waals surface area contributed by atoms with Gasteiger partial charge in [0.1, 0.15) is 0 Å². The molecule has 1 amide bonds. The lowest BCUT2D eigenvalue weighted by atomic mass is 10.0. The first-order valence-electron chi connectivity index (χ1n) is 11.2. The number of hydrogen-bond donors (Lipinski definition) is 4. The molecule has 0 bridgehead atoms. The number of carbonyl (C=O) groups excluding carboxylic acids is 1. The molecule has 3 atom stereocenters. The SMILES string of the molecule is O=C(O)CCC(=O)NCc1ccc(C2OC(CSCCO)CC(c3ccc(CO)cc3)O2)cc1. The predicted octanol–water partition coefficient (Wildman–Crippen LogP) is 2.93. The molecule has 0 aliphatic carbocycles. The second kappa shape index (κ2) is 13.5. The second-order valence-corrected chi connectivity index (χ2v) is 9.21. The Morgan fingerprint density at radius 3 is 2.26 bits per heavy atom. The maximum atomic E-state index is 11.7. The third kappa shape index (κ3) is 8.11. The standard InChI is InChI=1S/C25H31NO7S/c27-11-12-34-16-21-13-22(19-5-3-18(15-28)4-6-19)33-25(32-21)20-7-1-17(2-8-20)14-26-23(29)9-10-24(30)31/h1-8,21-22,25,27-28H,9-16H2,(H,26,29)(H,30,31). The molecular formula is C25H31NO7S. The fourth-order valence-electron chi connectivity index (χ4n) is 3.60. The van der Waals surface area contributed by atoms with Crippen LogP contribution in [0.25, 0.3) is 0 Å². The molecular weight excluding hydrogens is 458 g/mol. The number of carbonyl (C=O) groups is 2. The van der Waals surface area contributed by atoms with E-state index in [0.717, 1.165) is 28.0 Å². The van der Waals surface area contributed by atoms with Gasteiger partial charge in [-0.25, -0.2) is 0 Å². The average molecular weight is 490 g/mol. The first kappa shape index (κ1) is 26.2. The summed E-state index contributed by atoms with van der Waals surface area (Å²) in [4.78, 5) is 22.3. The van der Waals surface area contributed by atoms with Crippen molar-refractivity contribution in [1.29, 1.82) is 0 Å². The van der Waals surface area contributed by atoms with E-state index in [1.165, 1.54) is 0 Å². The van der Waals surface area contributed by atoms with Crippen LogP contribution in [0.1, 0.15) is 53.9 Å². The Bertz CT molecular complexity index is 920. The molecule has 184 valence electrons. The normalized spacial score (nSPS) is 20.1. The summed E-state index contributed by atoms with van der Waals surface area (Å²) in [5.74, 6) is 0.0895. The molecule has 0 radical (unpaired) electrons. The number of carboxylic acids is 1. The van der Waals surface area contributed by atoms with Crippen LogP contribution >= 0.6 is 11.8 Å². The van der Waals surface area contributed by atoms with Gasteiger partial charge in [-0.3, -0.25) is 9.59 Å². The number of hydrogen-bond acceptors (Lipinski definition) is 7. The smallest absolute Gasteiger partial charge is 0.303 e. The molecule has 1 heterocycles. The molecule has 4 N–H and O–H groups in total. The summed E-state index contributed by atoms with van der Waals surface area (Å²) >= 11 is 1.64. The number of carboxylic acid groups (broad SMARTS) is 1. The van der Waals surface area contributed by atoms with E-state index in [0.29, 0.717) is 18.7 Å². The van der Waals surface area contributed by atoms with Crippen LogP contribution in [0.4, 0.5) is 0 Å². The highest BCUT2D eigenvalue weighted by Gasteiger charge is 2.32. The summed E-state index contributed by atoms with van der Waals surface area (Å²) in [5.41, 5.74) is 3.60. The zero-order chi connectivity index (χ0) is 24.3. The highest BCUT2D eigenvalue weighted by molar-refractivity contribution is 7.99. The molecule has 9 heteroatoms. The predicted molar refractivity (Wildman–Crippen MR) is 128 cm³/mol. The molecule has 0 saturated carbocycles. The Labute approximate surface area is 203 Å². The zero-order valence-corrected chi connectivity index (χ0v) is 19.7. The second-order valence-electron chi connectivity index (χ2n) is 8.06. The fourth-order valence-corrected chi connectivity index (χ4v) is 4.38. The number of thioether (sulfide) groups is 1. The van der Waals surface area contributed by atoms with Gasteiger partial charge in [0.15, 0.2) is 6.29 Å². The van der Waals surface area contributed by atoms with Crippen molar-refractivity contribution in [3.05, 3.63) is 70.8 Å². The van der Waals surface area contributed by atoms with Crippen LogP contribution in [0.2, 0.25) is 0 Å². The van der Waals surface area contributed by atoms with E-state index in [2.05, 4.69) is 5.32 Å². The average Bonchev–Trinajstić information content (AvgIpc) is 2.86. The number of aliphatic carboxylic acids is 1. The van der Waals surface area contributed by atoms with Gasteiger partial charge in [-0.05, 0) is 16.7 Å². The maximum absolute atomic E-state index is 11.7. The molecule has 3 unspecified atom stereocenters. The molecule has 1 fully saturated rings. The Morgan fingerprint density at radius 2 is 1.62 bits per heavy atom. The van der Waals surface area contributed by atoms with Crippen molar-refractivity contribution >= 4 is 23.6 Å². The number of ether oxygens (including phenoxy) is 2. The van der Waals surface area contributed by atoms with E-state index in [9.17, 15) is 14.7 Å². The monoisotopic (exact) mass is 489 g/mol. The van der Waals surface area contributed by atoms with E-state index in [1.807, 2.05) is 48.5 Å². The van der Waals surface area contributed by atoms with Crippen LogP contribution in [0.5, 0.6) is 0 Å². The highest BCUT2D eigenvalue weighted by Crippen LogP contribution is 2.38. The Morgan fingerprint density at radius 1 is 0.941 bits per heavy atom. The summed E-state index contributed by atoms with van der Waals surface area (Å²) in [5, 5.41) is 29.8. The summed E-state index contributed by atoms with van der Waals surface area (Å²) in [6.45, 7) is 0.424. The van der Waals surface area contributed by atoms with Gasteiger partial charge < -0.3 is 30.1 Å². The van der Waals surface area contributed by atoms with Crippen molar-refractivity contribution in [2.75, 3.05) is 18.1 Å². The van der Waals surface area contributed by atoms with Crippen LogP contribution in [0.15, 0.2) is 48.5 Å². The third-order valence-corrected chi connectivity index (χ3v) is 6.54. The molecule has 8 nitrogen and oxygen atoms in total. The number of amides is 1. The van der Waals surface area contributed by atoms with Gasteiger partial charge >= 0.3 is 5.97 Å². The summed E-state index contributed by atoms with van der Waals surface area (Å²) in [7, 11) is 0. The molecule has 1 aliphatic heterocycles. The fraction of sp³-hybridized carbons (Fsp3) is 0.440. The van der Waals surface area contributed by atoms with Crippen LogP contribution in [0.3, 0.4) is 0 Å². The lowest BCUT2D eigenvalue weighted by molar-refractivity contribution is -0.245. The van der Waals surface area contributed by atoms with Crippen molar-refractivity contribution in [3.8, 4) is 0 Å². The van der Waals surface area contributed by atoms with Crippen LogP contribution in [-0.4, -0.2) is 51.4 Å². The first-order chi connectivity index (χ1) is 16.5. The van der Waals surface area contributed by atoms with Crippen molar-refractivity contribution in [2.24, 2.45) is 0 Å². The summed E-state index contributed by atoms with van der Waals surface area (Å²) < 4.78 is 12.5. The minimum Gasteiger partial charge on any atom is -0.481 e. The number of benzene rings is 2. The number of aliphatic hydroxyl groups is 2. The van der Waals surface area contributed by atoms with Gasteiger partial charge in [-0.1, -0.05) is 48.5 Å². The minimum absolute atomic E-state index is 0.00960. The summed E-state index contributed by atoms with van der Waals surface area (Å²) in [6.07, 6.45) is -0.329. The molecule has 1 saturated heterocycles. The first-order valence-corrected chi connectivity index (χ1v) is 12.4. The van der Waals surface area contributed by atoms with Gasteiger partial charge in [0.05, 0.1) is 31.8 Å². The van der Waals surface area contributed by atoms with Crippen molar-refractivity contribution in [3.63, 3.8) is 0 Å². The molecule has 3 rings (SSSR count). The van der Waals surface area contributed by atoms with Gasteiger partial charge in [-0.2, -0.15) is 11.8 Å². The lowest BCUT2D eigenvalue weighted by Crippen LogP contribution is -2.31. The minimum atomic E-state index is -0.998. The number of nitrogens with one attached hydrogen (secondary N) is 1. The van der Waals surface area contributed by atoms with Gasteiger partial charge in [0.2, 0.25) is 5.91 Å². The van der Waals surface area contributed by atoms with Crippen LogP contribution in [0, 0.1) is 0 Å². The van der Waals surface area contributed by atoms with E-state index < -0.39 is 12.3 Å². The van der Waals surface area contributed by atoms with Crippen LogP contribution < -0.4 is 5.32 Å². The largest absolute Gasteiger partial charge is 0.481 e. The Kier molecular flexibility index (Phi) is 10.4. The van der Waals surface area contributed by atoms with Crippen molar-refractivity contribution in [2.45, 2.75) is 50.9 Å². The van der Waals surface area contributed by atoms with E-state index in [1.54, 1.807) is 11.8 Å². The third-order valence-electron chi connectivity index (χ3n) is 5.46. The summed E-state index contributed by atoms with van der Waals surface area (Å²) in [6, 6.07) is 15.3. The van der Waals surface area contributed by atoms with E-state index in [4.69, 9.17) is 19.7 Å². The van der Waals surface area contributed by atoms with E-state index in [-0.39, 0.29) is 44.2 Å². The van der Waals surface area contributed by atoms with Crippen molar-refractivity contribution in [1.82, 2.24) is 5.32 Å².